The maximum Gasteiger partial charge on any atom is 0.319 e. The fraction of sp³-hybridized carbons (Fsp3) is 0.737. The van der Waals surface area contributed by atoms with Gasteiger partial charge in [0, 0.05) is 12.5 Å². The lowest BCUT2D eigenvalue weighted by molar-refractivity contribution is -0.127. The summed E-state index contributed by atoms with van der Waals surface area (Å²) in [5.74, 6) is 0.855. The van der Waals surface area contributed by atoms with Crippen LogP contribution < -0.4 is 16.0 Å². The molecule has 1 saturated heterocycles. The third-order valence-corrected chi connectivity index (χ3v) is 5.63. The van der Waals surface area contributed by atoms with Crippen molar-refractivity contribution in [2.75, 3.05) is 18.5 Å². The summed E-state index contributed by atoms with van der Waals surface area (Å²) in [4.78, 5) is 24.2. The molecule has 28 heavy (non-hydrogen) atoms. The molecule has 3 rings (SSSR count). The van der Waals surface area contributed by atoms with E-state index in [0.717, 1.165) is 25.7 Å². The summed E-state index contributed by atoms with van der Waals surface area (Å²) < 4.78 is 11.0. The number of aromatic nitrogens is 1. The van der Waals surface area contributed by atoms with Crippen molar-refractivity contribution in [3.8, 4) is 0 Å². The number of aliphatic hydroxyl groups is 1. The molecule has 9 heteroatoms. The Labute approximate surface area is 164 Å². The van der Waals surface area contributed by atoms with Crippen molar-refractivity contribution in [2.24, 2.45) is 5.92 Å². The lowest BCUT2D eigenvalue weighted by atomic mass is 9.85. The van der Waals surface area contributed by atoms with Crippen LogP contribution in [-0.4, -0.2) is 53.6 Å². The molecule has 1 aromatic rings. The van der Waals surface area contributed by atoms with Crippen LogP contribution in [0.25, 0.3) is 0 Å². The van der Waals surface area contributed by atoms with Crippen LogP contribution in [0.3, 0.4) is 0 Å². The van der Waals surface area contributed by atoms with E-state index in [9.17, 15) is 14.7 Å². The van der Waals surface area contributed by atoms with Crippen molar-refractivity contribution < 1.29 is 24.0 Å². The van der Waals surface area contributed by atoms with Gasteiger partial charge in [0.1, 0.15) is 17.5 Å². The third kappa shape index (κ3) is 5.02. The number of nitrogens with one attached hydrogen (secondary N) is 3. The molecular formula is C19H30N4O5. The fourth-order valence-electron chi connectivity index (χ4n) is 3.66. The molecule has 0 aromatic carbocycles. The maximum absolute atomic E-state index is 12.3. The Balaban J connectivity index is 1.42. The normalized spacial score (nSPS) is 25.0. The van der Waals surface area contributed by atoms with Crippen LogP contribution in [0.2, 0.25) is 0 Å². The van der Waals surface area contributed by atoms with Gasteiger partial charge in [-0.15, -0.1) is 0 Å². The van der Waals surface area contributed by atoms with Gasteiger partial charge in [0.05, 0.1) is 18.8 Å². The molecule has 3 amide bonds. The highest BCUT2D eigenvalue weighted by Crippen LogP contribution is 2.26. The second-order valence-corrected chi connectivity index (χ2v) is 7.67. The second kappa shape index (κ2) is 9.38. The number of aryl methyl sites for hydroxylation is 2. The number of hydrogen-bond donors (Lipinski definition) is 4. The minimum atomic E-state index is -0.475. The van der Waals surface area contributed by atoms with E-state index in [0.29, 0.717) is 36.5 Å². The van der Waals surface area contributed by atoms with E-state index >= 15 is 0 Å². The number of urea groups is 1. The van der Waals surface area contributed by atoms with E-state index in [1.54, 1.807) is 13.8 Å². The molecule has 0 unspecified atom stereocenters. The number of carbonyl (C=O) groups is 2. The highest BCUT2D eigenvalue weighted by molar-refractivity contribution is 5.90. The van der Waals surface area contributed by atoms with Gasteiger partial charge in [-0.25, -0.2) is 4.79 Å². The molecule has 156 valence electrons. The van der Waals surface area contributed by atoms with Crippen LogP contribution in [0.1, 0.15) is 50.0 Å². The molecule has 0 radical (unpaired) electrons. The van der Waals surface area contributed by atoms with Crippen molar-refractivity contribution >= 4 is 17.6 Å². The van der Waals surface area contributed by atoms with Crippen LogP contribution in [0.15, 0.2) is 4.52 Å². The Morgan fingerprint density at radius 3 is 2.61 bits per heavy atom. The lowest BCUT2D eigenvalue weighted by Crippen LogP contribution is -2.52. The van der Waals surface area contributed by atoms with Crippen LogP contribution in [0.5, 0.6) is 0 Å². The van der Waals surface area contributed by atoms with Gasteiger partial charge in [0.25, 0.3) is 0 Å². The zero-order chi connectivity index (χ0) is 20.1. The van der Waals surface area contributed by atoms with Crippen molar-refractivity contribution in [3.05, 3.63) is 11.5 Å². The van der Waals surface area contributed by atoms with Gasteiger partial charge >= 0.3 is 6.03 Å². The number of hydrogen-bond acceptors (Lipinski definition) is 6. The first-order valence-corrected chi connectivity index (χ1v) is 10.0. The number of aliphatic hydroxyl groups excluding tert-OH is 1. The number of amides is 3. The van der Waals surface area contributed by atoms with Gasteiger partial charge in [0.2, 0.25) is 5.91 Å². The molecule has 4 N–H and O–H groups in total. The average molecular weight is 394 g/mol. The van der Waals surface area contributed by atoms with Crippen LogP contribution >= 0.6 is 0 Å². The molecule has 1 aliphatic carbocycles. The quantitative estimate of drug-likeness (QED) is 0.557. The van der Waals surface area contributed by atoms with Crippen molar-refractivity contribution in [1.82, 2.24) is 15.8 Å². The monoisotopic (exact) mass is 394 g/mol. The molecule has 0 spiro atoms. The summed E-state index contributed by atoms with van der Waals surface area (Å²) in [5, 5.41) is 22.0. The minimum Gasteiger partial charge on any atom is -0.394 e. The first-order chi connectivity index (χ1) is 13.5. The third-order valence-electron chi connectivity index (χ3n) is 5.63. The van der Waals surface area contributed by atoms with Crippen molar-refractivity contribution in [1.29, 1.82) is 0 Å². The molecular weight excluding hydrogens is 364 g/mol. The number of ether oxygens (including phenoxy) is 1. The van der Waals surface area contributed by atoms with Gasteiger partial charge < -0.3 is 30.3 Å². The summed E-state index contributed by atoms with van der Waals surface area (Å²) in [6.45, 7) is 3.87. The Kier molecular flexibility index (Phi) is 6.90. The Hall–Kier alpha value is -2.13. The van der Waals surface area contributed by atoms with E-state index in [1.165, 1.54) is 0 Å². The minimum absolute atomic E-state index is 0.0393. The molecule has 2 heterocycles. The number of nitrogens with zero attached hydrogens (tertiary/aromatic N) is 1. The predicted molar refractivity (Wildman–Crippen MR) is 102 cm³/mol. The van der Waals surface area contributed by atoms with Crippen LogP contribution in [-0.2, 0) is 9.53 Å². The SMILES string of the molecule is Cc1noc(C)c1NC(=O)N[C@@H]1CC[C@H](CCNC(=O)C2CCC2)O[C@H]1CO. The molecule has 1 aliphatic heterocycles. The maximum atomic E-state index is 12.3. The summed E-state index contributed by atoms with van der Waals surface area (Å²) >= 11 is 0. The highest BCUT2D eigenvalue weighted by Gasteiger charge is 2.32. The van der Waals surface area contributed by atoms with E-state index in [1.807, 2.05) is 0 Å². The largest absolute Gasteiger partial charge is 0.394 e. The van der Waals surface area contributed by atoms with E-state index < -0.39 is 6.10 Å². The zero-order valence-electron chi connectivity index (χ0n) is 16.5. The molecule has 2 aliphatic rings. The fourth-order valence-corrected chi connectivity index (χ4v) is 3.66. The van der Waals surface area contributed by atoms with Gasteiger partial charge in [-0.1, -0.05) is 11.6 Å². The van der Waals surface area contributed by atoms with Crippen LogP contribution in [0.4, 0.5) is 10.5 Å². The summed E-state index contributed by atoms with van der Waals surface area (Å²) in [6.07, 6.45) is 4.75. The highest BCUT2D eigenvalue weighted by atomic mass is 16.5. The summed E-state index contributed by atoms with van der Waals surface area (Å²) in [6, 6.07) is -0.668. The summed E-state index contributed by atoms with van der Waals surface area (Å²) in [5.41, 5.74) is 1.16. The van der Waals surface area contributed by atoms with Gasteiger partial charge in [-0.2, -0.15) is 0 Å². The molecule has 0 bridgehead atoms. The van der Waals surface area contributed by atoms with E-state index in [4.69, 9.17) is 9.26 Å². The second-order valence-electron chi connectivity index (χ2n) is 7.67. The Morgan fingerprint density at radius 1 is 1.21 bits per heavy atom. The topological polar surface area (TPSA) is 126 Å². The number of carbonyl (C=O) groups excluding carboxylic acids is 2. The first-order valence-electron chi connectivity index (χ1n) is 10.0. The standard InChI is InChI=1S/C19H30N4O5/c1-11-17(12(2)28-23-11)22-19(26)21-15-7-6-14(27-16(15)10-24)8-9-20-18(25)13-4-3-5-13/h13-16,24H,3-10H2,1-2H3,(H,20,25)(H2,21,22,26)/t14-,15-,16+/m1/s1. The summed E-state index contributed by atoms with van der Waals surface area (Å²) in [7, 11) is 0. The number of anilines is 1. The number of rotatable bonds is 7. The Morgan fingerprint density at radius 2 is 2.00 bits per heavy atom. The zero-order valence-corrected chi connectivity index (χ0v) is 16.5. The van der Waals surface area contributed by atoms with Gasteiger partial charge in [-0.3, -0.25) is 4.79 Å². The van der Waals surface area contributed by atoms with E-state index in [2.05, 4.69) is 21.1 Å². The molecule has 9 nitrogen and oxygen atoms in total. The molecule has 3 atom stereocenters. The average Bonchev–Trinajstić information content (AvgIpc) is 2.93. The van der Waals surface area contributed by atoms with E-state index in [-0.39, 0.29) is 36.6 Å². The molecule has 1 saturated carbocycles. The predicted octanol–water partition coefficient (Wildman–Crippen LogP) is 1.63. The van der Waals surface area contributed by atoms with Gasteiger partial charge in [-0.05, 0) is 46.0 Å². The van der Waals surface area contributed by atoms with Gasteiger partial charge in [0.15, 0.2) is 5.76 Å². The Bertz CT molecular complexity index is 668. The molecule has 1 aromatic heterocycles. The van der Waals surface area contributed by atoms with Crippen LogP contribution in [0, 0.1) is 19.8 Å². The van der Waals surface area contributed by atoms with Crippen molar-refractivity contribution in [2.45, 2.75) is 70.6 Å². The smallest absolute Gasteiger partial charge is 0.319 e. The molecule has 2 fully saturated rings. The lowest BCUT2D eigenvalue weighted by Gasteiger charge is -2.36. The first kappa shape index (κ1) is 20.6. The van der Waals surface area contributed by atoms with Crippen molar-refractivity contribution in [3.63, 3.8) is 0 Å².